The lowest BCUT2D eigenvalue weighted by Gasteiger charge is -1.94. The van der Waals surface area contributed by atoms with Crippen LogP contribution in [0, 0.1) is 0 Å². The molecule has 0 radical (unpaired) electrons. The number of aromatic nitrogens is 1. The summed E-state index contributed by atoms with van der Waals surface area (Å²) in [5, 5.41) is 11.6. The fraction of sp³-hybridized carbons (Fsp3) is 0. The maximum atomic E-state index is 9.43. The van der Waals surface area contributed by atoms with Crippen molar-refractivity contribution in [2.24, 2.45) is 10.7 Å². The van der Waals surface area contributed by atoms with Gasteiger partial charge < -0.3 is 15.8 Å². The van der Waals surface area contributed by atoms with Crippen LogP contribution in [0.4, 0.5) is 5.69 Å². The molecule has 3 aromatic rings. The largest absolute Gasteiger partial charge is 0.508 e. The monoisotopic (exact) mass is 225 g/mol. The quantitative estimate of drug-likeness (QED) is 0.440. The van der Waals surface area contributed by atoms with Crippen molar-refractivity contribution in [2.45, 2.75) is 0 Å². The average Bonchev–Trinajstić information content (AvgIpc) is 2.65. The Morgan fingerprint density at radius 1 is 1.06 bits per heavy atom. The molecule has 0 spiro atoms. The van der Waals surface area contributed by atoms with Crippen LogP contribution in [-0.4, -0.2) is 16.4 Å². The number of hydrogen-bond acceptors (Lipinski definition) is 2. The Balaban J connectivity index is 2.34. The van der Waals surface area contributed by atoms with E-state index in [1.807, 2.05) is 24.3 Å². The van der Waals surface area contributed by atoms with Gasteiger partial charge in [0, 0.05) is 22.4 Å². The van der Waals surface area contributed by atoms with Crippen LogP contribution in [0.2, 0.25) is 0 Å². The second-order valence-electron chi connectivity index (χ2n) is 3.86. The number of aliphatic imine (C=N–C) groups is 1. The zero-order valence-electron chi connectivity index (χ0n) is 9.01. The van der Waals surface area contributed by atoms with E-state index in [0.29, 0.717) is 0 Å². The third-order valence-electron chi connectivity index (χ3n) is 2.79. The molecule has 0 atom stereocenters. The normalized spacial score (nSPS) is 11.8. The lowest BCUT2D eigenvalue weighted by atomic mass is 10.1. The SMILES string of the molecule is NC=Nc1ccc2c(c1)[nH]c1cc(O)ccc12. The van der Waals surface area contributed by atoms with Crippen LogP contribution in [0.1, 0.15) is 0 Å². The number of benzene rings is 2. The van der Waals surface area contributed by atoms with Gasteiger partial charge in [0.1, 0.15) is 5.75 Å². The van der Waals surface area contributed by atoms with Crippen LogP contribution >= 0.6 is 0 Å². The summed E-state index contributed by atoms with van der Waals surface area (Å²) < 4.78 is 0. The number of nitrogens with two attached hydrogens (primary N) is 1. The van der Waals surface area contributed by atoms with Crippen molar-refractivity contribution >= 4 is 33.8 Å². The molecule has 1 heterocycles. The Morgan fingerprint density at radius 3 is 2.53 bits per heavy atom. The zero-order chi connectivity index (χ0) is 11.8. The highest BCUT2D eigenvalue weighted by Crippen LogP contribution is 2.30. The molecule has 0 aliphatic rings. The van der Waals surface area contributed by atoms with Gasteiger partial charge in [0.2, 0.25) is 0 Å². The predicted octanol–water partition coefficient (Wildman–Crippen LogP) is 2.65. The van der Waals surface area contributed by atoms with E-state index in [1.54, 1.807) is 12.1 Å². The number of rotatable bonds is 1. The van der Waals surface area contributed by atoms with Gasteiger partial charge in [-0.25, -0.2) is 4.99 Å². The molecule has 84 valence electrons. The van der Waals surface area contributed by atoms with E-state index in [-0.39, 0.29) is 5.75 Å². The van der Waals surface area contributed by atoms with E-state index in [9.17, 15) is 5.11 Å². The van der Waals surface area contributed by atoms with Gasteiger partial charge in [-0.2, -0.15) is 0 Å². The summed E-state index contributed by atoms with van der Waals surface area (Å²) in [4.78, 5) is 7.27. The molecule has 4 N–H and O–H groups in total. The maximum absolute atomic E-state index is 9.43. The van der Waals surface area contributed by atoms with Gasteiger partial charge in [0.15, 0.2) is 0 Å². The van der Waals surface area contributed by atoms with Crippen LogP contribution < -0.4 is 5.73 Å². The van der Waals surface area contributed by atoms with Gasteiger partial charge in [-0.3, -0.25) is 0 Å². The van der Waals surface area contributed by atoms with Crippen LogP contribution in [-0.2, 0) is 0 Å². The third-order valence-corrected chi connectivity index (χ3v) is 2.79. The Bertz CT molecular complexity index is 728. The van der Waals surface area contributed by atoms with Crippen LogP contribution in [0.5, 0.6) is 5.75 Å². The molecule has 4 nitrogen and oxygen atoms in total. The first-order chi connectivity index (χ1) is 8.28. The van der Waals surface area contributed by atoms with E-state index in [2.05, 4.69) is 9.98 Å². The number of fused-ring (bicyclic) bond motifs is 3. The summed E-state index contributed by atoms with van der Waals surface area (Å²) in [7, 11) is 0. The maximum Gasteiger partial charge on any atom is 0.117 e. The first kappa shape index (κ1) is 9.72. The van der Waals surface area contributed by atoms with Gasteiger partial charge in [-0.05, 0) is 24.3 Å². The summed E-state index contributed by atoms with van der Waals surface area (Å²) >= 11 is 0. The molecular weight excluding hydrogens is 214 g/mol. The standard InChI is InChI=1S/C13H11N3O/c14-7-15-8-1-3-10-11-4-2-9(17)6-13(11)16-12(10)5-8/h1-7,16-17H,(H2,14,15). The molecule has 3 rings (SSSR count). The first-order valence-corrected chi connectivity index (χ1v) is 5.26. The van der Waals surface area contributed by atoms with Gasteiger partial charge in [0.05, 0.1) is 17.5 Å². The van der Waals surface area contributed by atoms with Crippen molar-refractivity contribution in [3.05, 3.63) is 36.4 Å². The number of phenols is 1. The van der Waals surface area contributed by atoms with E-state index < -0.39 is 0 Å². The number of phenolic OH excluding ortho intramolecular Hbond substituents is 1. The molecule has 2 aromatic carbocycles. The number of hydrogen-bond donors (Lipinski definition) is 3. The number of aromatic hydroxyl groups is 1. The molecule has 0 saturated heterocycles. The van der Waals surface area contributed by atoms with E-state index in [4.69, 9.17) is 5.73 Å². The van der Waals surface area contributed by atoms with Gasteiger partial charge in [0.25, 0.3) is 0 Å². The highest BCUT2D eigenvalue weighted by Gasteiger charge is 2.05. The minimum Gasteiger partial charge on any atom is -0.508 e. The van der Waals surface area contributed by atoms with E-state index in [1.165, 1.54) is 6.34 Å². The van der Waals surface area contributed by atoms with Crippen molar-refractivity contribution in [1.29, 1.82) is 0 Å². The molecule has 1 aromatic heterocycles. The Labute approximate surface area is 97.4 Å². The summed E-state index contributed by atoms with van der Waals surface area (Å²) in [5.41, 5.74) is 7.96. The fourth-order valence-electron chi connectivity index (χ4n) is 2.05. The second-order valence-corrected chi connectivity index (χ2v) is 3.86. The van der Waals surface area contributed by atoms with Gasteiger partial charge in [-0.15, -0.1) is 0 Å². The van der Waals surface area contributed by atoms with E-state index >= 15 is 0 Å². The molecule has 0 saturated carbocycles. The molecule has 17 heavy (non-hydrogen) atoms. The van der Waals surface area contributed by atoms with Gasteiger partial charge >= 0.3 is 0 Å². The number of H-pyrrole nitrogens is 1. The summed E-state index contributed by atoms with van der Waals surface area (Å²) in [6, 6.07) is 11.1. The second kappa shape index (κ2) is 3.52. The fourth-order valence-corrected chi connectivity index (χ4v) is 2.05. The van der Waals surface area contributed by atoms with Gasteiger partial charge in [-0.1, -0.05) is 6.07 Å². The number of nitrogens with zero attached hydrogens (tertiary/aromatic N) is 1. The van der Waals surface area contributed by atoms with Crippen LogP contribution in [0.25, 0.3) is 21.8 Å². The molecule has 0 unspecified atom stereocenters. The van der Waals surface area contributed by atoms with Crippen molar-refractivity contribution in [3.63, 3.8) is 0 Å². The summed E-state index contributed by atoms with van der Waals surface area (Å²) in [6.07, 6.45) is 1.27. The number of aromatic amines is 1. The molecule has 0 amide bonds. The molecular formula is C13H11N3O. The topological polar surface area (TPSA) is 74.4 Å². The molecule has 0 bridgehead atoms. The summed E-state index contributed by atoms with van der Waals surface area (Å²) in [6.45, 7) is 0. The third kappa shape index (κ3) is 1.50. The van der Waals surface area contributed by atoms with Crippen LogP contribution in [0.15, 0.2) is 41.4 Å². The Hall–Kier alpha value is -2.49. The van der Waals surface area contributed by atoms with Crippen molar-refractivity contribution < 1.29 is 5.11 Å². The Kier molecular flexibility index (Phi) is 2.01. The van der Waals surface area contributed by atoms with Crippen LogP contribution in [0.3, 0.4) is 0 Å². The molecule has 4 heteroatoms. The highest BCUT2D eigenvalue weighted by atomic mass is 16.3. The highest BCUT2D eigenvalue weighted by molar-refractivity contribution is 6.08. The zero-order valence-corrected chi connectivity index (χ0v) is 9.01. The predicted molar refractivity (Wildman–Crippen MR) is 69.8 cm³/mol. The molecule has 0 aliphatic heterocycles. The summed E-state index contributed by atoms with van der Waals surface area (Å²) in [5.74, 6) is 0.254. The van der Waals surface area contributed by atoms with Crippen molar-refractivity contribution in [3.8, 4) is 5.75 Å². The minimum atomic E-state index is 0.254. The van der Waals surface area contributed by atoms with Crippen molar-refractivity contribution in [2.75, 3.05) is 0 Å². The smallest absolute Gasteiger partial charge is 0.117 e. The van der Waals surface area contributed by atoms with Crippen molar-refractivity contribution in [1.82, 2.24) is 4.98 Å². The Morgan fingerprint density at radius 2 is 1.76 bits per heavy atom. The molecule has 0 aliphatic carbocycles. The molecule has 0 fully saturated rings. The average molecular weight is 225 g/mol. The van der Waals surface area contributed by atoms with E-state index in [0.717, 1.165) is 27.5 Å². The first-order valence-electron chi connectivity index (χ1n) is 5.26. The lowest BCUT2D eigenvalue weighted by molar-refractivity contribution is 0.476. The number of nitrogens with one attached hydrogen (secondary N) is 1. The minimum absolute atomic E-state index is 0.254. The lowest BCUT2D eigenvalue weighted by Crippen LogP contribution is -1.86.